The summed E-state index contributed by atoms with van der Waals surface area (Å²) in [4.78, 5) is 11.2. The maximum absolute atomic E-state index is 11.2. The van der Waals surface area contributed by atoms with Gasteiger partial charge in [0, 0.05) is 12.1 Å². The molecule has 0 spiro atoms. The van der Waals surface area contributed by atoms with Gasteiger partial charge in [-0.05, 0) is 20.8 Å². The number of carbonyl (C=O) groups is 1. The van der Waals surface area contributed by atoms with Crippen LogP contribution in [0.4, 0.5) is 0 Å². The van der Waals surface area contributed by atoms with E-state index in [1.807, 2.05) is 13.8 Å². The molecular formula is C8H19N3O2. The minimum absolute atomic E-state index is 0.0128. The number of hydrogen-bond donors (Lipinski definition) is 4. The van der Waals surface area contributed by atoms with E-state index in [-0.39, 0.29) is 11.9 Å². The molecule has 0 rings (SSSR count). The predicted molar refractivity (Wildman–Crippen MR) is 50.9 cm³/mol. The Morgan fingerprint density at radius 1 is 1.31 bits per heavy atom. The largest absolute Gasteiger partial charge is 0.389 e. The lowest BCUT2D eigenvalue weighted by Crippen LogP contribution is -2.55. The summed E-state index contributed by atoms with van der Waals surface area (Å²) in [6.07, 6.45) is -1.00. The van der Waals surface area contributed by atoms with E-state index in [4.69, 9.17) is 11.5 Å². The molecule has 0 aromatic carbocycles. The zero-order chi connectivity index (χ0) is 10.6. The third kappa shape index (κ3) is 4.21. The van der Waals surface area contributed by atoms with E-state index in [9.17, 15) is 9.90 Å². The molecule has 6 N–H and O–H groups in total. The molecule has 0 radical (unpaired) electrons. The van der Waals surface area contributed by atoms with Crippen LogP contribution in [-0.4, -0.2) is 35.2 Å². The van der Waals surface area contributed by atoms with Crippen LogP contribution < -0.4 is 16.8 Å². The molecule has 0 bridgehead atoms. The van der Waals surface area contributed by atoms with Crippen LogP contribution in [0.1, 0.15) is 20.8 Å². The van der Waals surface area contributed by atoms with Gasteiger partial charge in [0.1, 0.15) is 6.04 Å². The van der Waals surface area contributed by atoms with Crippen molar-refractivity contribution in [3.63, 3.8) is 0 Å². The van der Waals surface area contributed by atoms with Gasteiger partial charge in [-0.25, -0.2) is 0 Å². The average Bonchev–Trinajstić information content (AvgIpc) is 2.00. The number of rotatable bonds is 4. The monoisotopic (exact) mass is 189 g/mol. The van der Waals surface area contributed by atoms with Crippen LogP contribution in [0.25, 0.3) is 0 Å². The van der Waals surface area contributed by atoms with E-state index >= 15 is 0 Å². The second kappa shape index (κ2) is 5.16. The number of nitrogens with two attached hydrogens (primary N) is 2. The zero-order valence-corrected chi connectivity index (χ0v) is 8.32. The van der Waals surface area contributed by atoms with Crippen molar-refractivity contribution >= 4 is 5.91 Å². The first-order valence-electron chi connectivity index (χ1n) is 4.36. The highest BCUT2D eigenvalue weighted by atomic mass is 16.3. The second-order valence-electron chi connectivity index (χ2n) is 3.54. The first kappa shape index (κ1) is 12.3. The third-order valence-corrected chi connectivity index (χ3v) is 1.64. The maximum Gasteiger partial charge on any atom is 0.239 e. The van der Waals surface area contributed by atoms with Crippen molar-refractivity contribution < 1.29 is 9.90 Å². The van der Waals surface area contributed by atoms with Gasteiger partial charge in [-0.2, -0.15) is 0 Å². The Bertz CT molecular complexity index is 171. The normalized spacial score (nSPS) is 18.1. The second-order valence-corrected chi connectivity index (χ2v) is 3.54. The number of carbonyl (C=O) groups excluding carboxylic acids is 1. The summed E-state index contributed by atoms with van der Waals surface area (Å²) in [5.41, 5.74) is 10.9. The minimum Gasteiger partial charge on any atom is -0.389 e. The van der Waals surface area contributed by atoms with Gasteiger partial charge >= 0.3 is 0 Å². The minimum atomic E-state index is -1.00. The van der Waals surface area contributed by atoms with E-state index in [1.54, 1.807) is 6.92 Å². The number of amides is 1. The van der Waals surface area contributed by atoms with Gasteiger partial charge in [-0.1, -0.05) is 0 Å². The Morgan fingerprint density at radius 3 is 2.08 bits per heavy atom. The van der Waals surface area contributed by atoms with Crippen LogP contribution in [0.5, 0.6) is 0 Å². The average molecular weight is 189 g/mol. The first-order chi connectivity index (χ1) is 5.86. The van der Waals surface area contributed by atoms with E-state index in [1.165, 1.54) is 0 Å². The summed E-state index contributed by atoms with van der Waals surface area (Å²) >= 11 is 0. The number of aliphatic hydroxyl groups is 1. The van der Waals surface area contributed by atoms with Gasteiger partial charge in [0.05, 0.1) is 6.10 Å². The van der Waals surface area contributed by atoms with Crippen molar-refractivity contribution in [3.05, 3.63) is 0 Å². The Kier molecular flexibility index (Phi) is 4.90. The number of hydrogen-bond acceptors (Lipinski definition) is 4. The molecule has 0 heterocycles. The van der Waals surface area contributed by atoms with Crippen molar-refractivity contribution in [1.29, 1.82) is 0 Å². The fraction of sp³-hybridized carbons (Fsp3) is 0.875. The topological polar surface area (TPSA) is 101 Å². The first-order valence-corrected chi connectivity index (χ1v) is 4.36. The molecule has 0 fully saturated rings. The predicted octanol–water partition coefficient (Wildman–Crippen LogP) is -1.45. The molecule has 3 atom stereocenters. The van der Waals surface area contributed by atoms with Crippen LogP contribution >= 0.6 is 0 Å². The summed E-state index contributed by atoms with van der Waals surface area (Å²) in [7, 11) is 0. The fourth-order valence-electron chi connectivity index (χ4n) is 0.863. The smallest absolute Gasteiger partial charge is 0.239 e. The van der Waals surface area contributed by atoms with E-state index in [2.05, 4.69) is 5.32 Å². The van der Waals surface area contributed by atoms with E-state index in [0.717, 1.165) is 0 Å². The quantitative estimate of drug-likeness (QED) is 0.434. The molecular weight excluding hydrogens is 170 g/mol. The molecule has 5 heteroatoms. The Labute approximate surface area is 78.5 Å². The SMILES string of the molecule is CC(C)NC(=O)C(N)[C@@H](O)[C@H](C)N. The van der Waals surface area contributed by atoms with Crippen LogP contribution in [0.2, 0.25) is 0 Å². The molecule has 1 amide bonds. The summed E-state index contributed by atoms with van der Waals surface area (Å²) < 4.78 is 0. The van der Waals surface area contributed by atoms with Crippen LogP contribution in [-0.2, 0) is 4.79 Å². The van der Waals surface area contributed by atoms with Crippen LogP contribution in [0.3, 0.4) is 0 Å². The van der Waals surface area contributed by atoms with Crippen molar-refractivity contribution in [2.24, 2.45) is 11.5 Å². The molecule has 1 unspecified atom stereocenters. The van der Waals surface area contributed by atoms with Crippen molar-refractivity contribution in [1.82, 2.24) is 5.32 Å². The van der Waals surface area contributed by atoms with Gasteiger partial charge in [0.25, 0.3) is 0 Å². The molecule has 0 aromatic heterocycles. The molecule has 0 saturated heterocycles. The highest BCUT2D eigenvalue weighted by Crippen LogP contribution is 1.95. The summed E-state index contributed by atoms with van der Waals surface area (Å²) in [6.45, 7) is 5.25. The summed E-state index contributed by atoms with van der Waals surface area (Å²) in [5.74, 6) is -0.375. The molecule has 0 aliphatic rings. The number of aliphatic hydroxyl groups excluding tert-OH is 1. The lowest BCUT2D eigenvalue weighted by atomic mass is 10.1. The maximum atomic E-state index is 11.2. The van der Waals surface area contributed by atoms with Crippen molar-refractivity contribution in [3.8, 4) is 0 Å². The third-order valence-electron chi connectivity index (χ3n) is 1.64. The Morgan fingerprint density at radius 2 is 1.77 bits per heavy atom. The van der Waals surface area contributed by atoms with Gasteiger partial charge in [0.15, 0.2) is 0 Å². The molecule has 0 aromatic rings. The number of nitrogens with one attached hydrogen (secondary N) is 1. The van der Waals surface area contributed by atoms with Gasteiger partial charge in [0.2, 0.25) is 5.91 Å². The van der Waals surface area contributed by atoms with Gasteiger partial charge in [-0.3, -0.25) is 4.79 Å². The highest BCUT2D eigenvalue weighted by Gasteiger charge is 2.25. The lowest BCUT2D eigenvalue weighted by molar-refractivity contribution is -0.125. The lowest BCUT2D eigenvalue weighted by Gasteiger charge is -2.22. The molecule has 5 nitrogen and oxygen atoms in total. The summed E-state index contributed by atoms with van der Waals surface area (Å²) in [5, 5.41) is 12.0. The van der Waals surface area contributed by atoms with Gasteiger partial charge < -0.3 is 21.9 Å². The van der Waals surface area contributed by atoms with Crippen LogP contribution in [0, 0.1) is 0 Å². The molecule has 0 aliphatic carbocycles. The zero-order valence-electron chi connectivity index (χ0n) is 8.32. The Balaban J connectivity index is 4.09. The van der Waals surface area contributed by atoms with E-state index in [0.29, 0.717) is 0 Å². The molecule has 78 valence electrons. The molecule has 0 aliphatic heterocycles. The van der Waals surface area contributed by atoms with Crippen molar-refractivity contribution in [2.75, 3.05) is 0 Å². The molecule has 0 saturated carbocycles. The Hall–Kier alpha value is -0.650. The van der Waals surface area contributed by atoms with E-state index < -0.39 is 18.2 Å². The molecule has 13 heavy (non-hydrogen) atoms. The van der Waals surface area contributed by atoms with Crippen molar-refractivity contribution in [2.45, 2.75) is 45.0 Å². The standard InChI is InChI=1S/C8H19N3O2/c1-4(2)11-8(13)6(10)7(12)5(3)9/h4-7,12H,9-10H2,1-3H3,(H,11,13)/t5-,6?,7-/m0/s1. The van der Waals surface area contributed by atoms with Gasteiger partial charge in [-0.15, -0.1) is 0 Å². The summed E-state index contributed by atoms with van der Waals surface area (Å²) in [6, 6.07) is -1.45. The highest BCUT2D eigenvalue weighted by molar-refractivity contribution is 5.82. The fourth-order valence-corrected chi connectivity index (χ4v) is 0.863. The van der Waals surface area contributed by atoms with Crippen LogP contribution in [0.15, 0.2) is 0 Å².